The summed E-state index contributed by atoms with van der Waals surface area (Å²) in [4.78, 5) is 28.3. The van der Waals surface area contributed by atoms with Crippen LogP contribution in [0.1, 0.15) is 44.5 Å². The SMILES string of the molecule is O=C(Nc1cccc(C(=NOCCCN2CCN(CCO)CC2)c2ccccc2)c1)c1ccn2c1CSC2c1cccnc1. The number of nitrogens with zero attached hydrogens (tertiary/aromatic N) is 5. The van der Waals surface area contributed by atoms with Crippen LogP contribution in [0.4, 0.5) is 5.69 Å². The third-order valence-corrected chi connectivity index (χ3v) is 9.31. The van der Waals surface area contributed by atoms with E-state index in [0.29, 0.717) is 17.9 Å². The maximum atomic E-state index is 13.4. The number of hydrogen-bond acceptors (Lipinski definition) is 8. The van der Waals surface area contributed by atoms with Crippen LogP contribution < -0.4 is 5.32 Å². The van der Waals surface area contributed by atoms with Gasteiger partial charge in [-0.3, -0.25) is 14.7 Å². The molecule has 228 valence electrons. The van der Waals surface area contributed by atoms with Gasteiger partial charge in [-0.15, -0.1) is 11.8 Å². The summed E-state index contributed by atoms with van der Waals surface area (Å²) >= 11 is 1.79. The molecular formula is C34H38N6O3S. The number of hydrogen-bond donors (Lipinski definition) is 2. The van der Waals surface area contributed by atoms with Crippen LogP contribution in [0, 0.1) is 0 Å². The molecule has 10 heteroatoms. The number of aromatic nitrogens is 2. The van der Waals surface area contributed by atoms with Crippen LogP contribution in [-0.2, 0) is 10.6 Å². The molecule has 2 aromatic heterocycles. The van der Waals surface area contributed by atoms with Crippen molar-refractivity contribution < 1.29 is 14.7 Å². The molecule has 2 N–H and O–H groups in total. The molecule has 1 fully saturated rings. The molecule has 4 aromatic rings. The summed E-state index contributed by atoms with van der Waals surface area (Å²) in [6.07, 6.45) is 6.53. The Hall–Kier alpha value is -3.96. The van der Waals surface area contributed by atoms with Crippen molar-refractivity contribution in [2.24, 2.45) is 5.16 Å². The average Bonchev–Trinajstić information content (AvgIpc) is 3.68. The predicted molar refractivity (Wildman–Crippen MR) is 175 cm³/mol. The molecular weight excluding hydrogens is 572 g/mol. The summed E-state index contributed by atoms with van der Waals surface area (Å²) in [5.74, 6) is 0.632. The van der Waals surface area contributed by atoms with Crippen molar-refractivity contribution in [3.8, 4) is 0 Å². The fourth-order valence-corrected chi connectivity index (χ4v) is 7.04. The van der Waals surface area contributed by atoms with Crippen molar-refractivity contribution in [3.63, 3.8) is 0 Å². The normalized spacial score (nSPS) is 17.4. The Bertz CT molecular complexity index is 1550. The second-order valence-electron chi connectivity index (χ2n) is 11.0. The van der Waals surface area contributed by atoms with E-state index < -0.39 is 0 Å². The second kappa shape index (κ2) is 14.7. The molecule has 2 aliphatic rings. The van der Waals surface area contributed by atoms with Gasteiger partial charge in [0.05, 0.1) is 12.2 Å². The largest absolute Gasteiger partial charge is 0.395 e. The third-order valence-electron chi connectivity index (χ3n) is 8.06. The molecule has 1 amide bonds. The van der Waals surface area contributed by atoms with Crippen molar-refractivity contribution in [2.75, 3.05) is 57.8 Å². The smallest absolute Gasteiger partial charge is 0.257 e. The molecule has 2 aromatic carbocycles. The number of piperazine rings is 1. The number of oxime groups is 1. The van der Waals surface area contributed by atoms with E-state index >= 15 is 0 Å². The summed E-state index contributed by atoms with van der Waals surface area (Å²) in [5.41, 5.74) is 6.06. The Morgan fingerprint density at radius 1 is 0.977 bits per heavy atom. The van der Waals surface area contributed by atoms with E-state index in [4.69, 9.17) is 9.94 Å². The predicted octanol–water partition coefficient (Wildman–Crippen LogP) is 4.70. The fraction of sp³-hybridized carbons (Fsp3) is 0.324. The van der Waals surface area contributed by atoms with E-state index in [9.17, 15) is 4.79 Å². The fourth-order valence-electron chi connectivity index (χ4n) is 5.73. The molecule has 0 saturated carbocycles. The van der Waals surface area contributed by atoms with E-state index in [2.05, 4.69) is 35.9 Å². The summed E-state index contributed by atoms with van der Waals surface area (Å²) in [6.45, 7) is 6.43. The molecule has 0 radical (unpaired) electrons. The van der Waals surface area contributed by atoms with Crippen LogP contribution in [0.3, 0.4) is 0 Å². The minimum absolute atomic E-state index is 0.121. The van der Waals surface area contributed by atoms with Crippen molar-refractivity contribution >= 4 is 29.1 Å². The maximum Gasteiger partial charge on any atom is 0.257 e. The zero-order chi connectivity index (χ0) is 30.1. The lowest BCUT2D eigenvalue weighted by Gasteiger charge is -2.34. The Morgan fingerprint density at radius 2 is 1.77 bits per heavy atom. The van der Waals surface area contributed by atoms with Crippen LogP contribution in [0.5, 0.6) is 0 Å². The van der Waals surface area contributed by atoms with Gasteiger partial charge in [0.15, 0.2) is 0 Å². The summed E-state index contributed by atoms with van der Waals surface area (Å²) in [7, 11) is 0. The number of anilines is 1. The molecule has 1 unspecified atom stereocenters. The van der Waals surface area contributed by atoms with E-state index in [1.54, 1.807) is 18.0 Å². The standard InChI is InChI=1S/C34H38N6O3S/c41-21-20-39-18-16-38(17-19-39)14-6-22-43-37-32(26-7-2-1-3-8-26)27-9-4-11-29(23-27)36-33(42)30-12-15-40-31(30)25-44-34(40)28-10-5-13-35-24-28/h1-5,7-13,15,23-24,34,41H,6,14,16-22,25H2,(H,36,42). The van der Waals surface area contributed by atoms with E-state index in [1.807, 2.05) is 79.1 Å². The van der Waals surface area contributed by atoms with Crippen LogP contribution in [0.15, 0.2) is 96.5 Å². The van der Waals surface area contributed by atoms with Crippen LogP contribution in [0.25, 0.3) is 0 Å². The highest BCUT2D eigenvalue weighted by Crippen LogP contribution is 2.42. The lowest BCUT2D eigenvalue weighted by molar-refractivity contribution is 0.0940. The van der Waals surface area contributed by atoms with Crippen molar-refractivity contribution in [3.05, 3.63) is 119 Å². The first-order valence-corrected chi connectivity index (χ1v) is 16.2. The number of carbonyl (C=O) groups is 1. The van der Waals surface area contributed by atoms with E-state index in [0.717, 1.165) is 79.5 Å². The van der Waals surface area contributed by atoms with E-state index in [1.165, 1.54) is 0 Å². The molecule has 4 heterocycles. The van der Waals surface area contributed by atoms with Gasteiger partial charge in [0.2, 0.25) is 0 Å². The molecule has 6 rings (SSSR count). The number of aliphatic hydroxyl groups is 1. The Morgan fingerprint density at radius 3 is 2.55 bits per heavy atom. The summed E-state index contributed by atoms with van der Waals surface area (Å²) < 4.78 is 2.17. The number of amides is 1. The number of benzene rings is 2. The first-order valence-electron chi connectivity index (χ1n) is 15.1. The molecule has 2 aliphatic heterocycles. The Balaban J connectivity index is 1.10. The lowest BCUT2D eigenvalue weighted by Crippen LogP contribution is -2.47. The van der Waals surface area contributed by atoms with E-state index in [-0.39, 0.29) is 17.9 Å². The van der Waals surface area contributed by atoms with Gasteiger partial charge in [0.25, 0.3) is 5.91 Å². The van der Waals surface area contributed by atoms with Crippen LogP contribution in [-0.4, -0.2) is 88.6 Å². The highest BCUT2D eigenvalue weighted by atomic mass is 32.2. The number of rotatable bonds is 12. The number of fused-ring (bicyclic) bond motifs is 1. The minimum atomic E-state index is -0.130. The Labute approximate surface area is 262 Å². The van der Waals surface area contributed by atoms with Gasteiger partial charge in [-0.05, 0) is 30.7 Å². The number of nitrogens with one attached hydrogen (secondary N) is 1. The zero-order valence-corrected chi connectivity index (χ0v) is 25.5. The molecule has 0 aliphatic carbocycles. The number of β-amino-alcohol motifs (C(OH)–C–C–N with tert-alkyl or cyclic N) is 1. The number of pyridine rings is 1. The van der Waals surface area contributed by atoms with Gasteiger partial charge in [-0.25, -0.2) is 0 Å². The van der Waals surface area contributed by atoms with Gasteiger partial charge in [0, 0.05) is 91.7 Å². The highest BCUT2D eigenvalue weighted by molar-refractivity contribution is 7.99. The quantitative estimate of drug-likeness (QED) is 0.136. The van der Waals surface area contributed by atoms with Gasteiger partial charge in [0.1, 0.15) is 17.7 Å². The first kappa shape index (κ1) is 30.1. The number of thioether (sulfide) groups is 1. The molecule has 44 heavy (non-hydrogen) atoms. The topological polar surface area (TPSA) is 95.2 Å². The monoisotopic (exact) mass is 610 g/mol. The average molecular weight is 611 g/mol. The summed E-state index contributed by atoms with van der Waals surface area (Å²) in [5, 5.41) is 17.0. The molecule has 1 atom stereocenters. The molecule has 0 bridgehead atoms. The van der Waals surface area contributed by atoms with Crippen LogP contribution in [0.2, 0.25) is 0 Å². The van der Waals surface area contributed by atoms with Crippen molar-refractivity contribution in [2.45, 2.75) is 17.5 Å². The summed E-state index contributed by atoms with van der Waals surface area (Å²) in [6, 6.07) is 23.7. The van der Waals surface area contributed by atoms with Gasteiger partial charge >= 0.3 is 0 Å². The van der Waals surface area contributed by atoms with Gasteiger partial charge in [-0.2, -0.15) is 0 Å². The highest BCUT2D eigenvalue weighted by Gasteiger charge is 2.28. The van der Waals surface area contributed by atoms with Crippen molar-refractivity contribution in [1.29, 1.82) is 0 Å². The first-order chi connectivity index (χ1) is 21.7. The van der Waals surface area contributed by atoms with Crippen LogP contribution >= 0.6 is 11.8 Å². The number of aliphatic hydroxyl groups excluding tert-OH is 1. The molecule has 1 saturated heterocycles. The maximum absolute atomic E-state index is 13.4. The second-order valence-corrected chi connectivity index (χ2v) is 12.0. The lowest BCUT2D eigenvalue weighted by atomic mass is 10.0. The van der Waals surface area contributed by atoms with Gasteiger partial charge in [-0.1, -0.05) is 53.7 Å². The minimum Gasteiger partial charge on any atom is -0.395 e. The van der Waals surface area contributed by atoms with Gasteiger partial charge < -0.3 is 24.7 Å². The third kappa shape index (κ3) is 7.22. The Kier molecular flexibility index (Phi) is 10.0. The molecule has 0 spiro atoms. The molecule has 9 nitrogen and oxygen atoms in total. The van der Waals surface area contributed by atoms with Crippen molar-refractivity contribution in [1.82, 2.24) is 19.4 Å². The number of carbonyl (C=O) groups excluding carboxylic acids is 1. The zero-order valence-electron chi connectivity index (χ0n) is 24.7.